The Labute approximate surface area is 113 Å². The van der Waals surface area contributed by atoms with Crippen LogP contribution >= 0.6 is 22.6 Å². The zero-order chi connectivity index (χ0) is 11.9. The fourth-order valence-electron chi connectivity index (χ4n) is 1.82. The van der Waals surface area contributed by atoms with E-state index in [1.165, 1.54) is 12.0 Å². The molecule has 1 rings (SSSR count). The Morgan fingerprint density at radius 2 is 1.88 bits per heavy atom. The first kappa shape index (κ1) is 14.0. The van der Waals surface area contributed by atoms with Gasteiger partial charge in [0.15, 0.2) is 0 Å². The number of hydrogen-bond acceptors (Lipinski definition) is 1. The van der Waals surface area contributed by atoms with Crippen molar-refractivity contribution in [2.75, 3.05) is 4.43 Å². The van der Waals surface area contributed by atoms with E-state index in [0.29, 0.717) is 0 Å². The monoisotopic (exact) mass is 332 g/mol. The standard InChI is InChI=1S/C14H21IO/c1-3-10-14(4-2,12-15)16-11-13-8-6-5-7-9-13/h5-9H,3-4,10-12H2,1-2H3. The molecule has 0 saturated carbocycles. The molecular formula is C14H21IO. The van der Waals surface area contributed by atoms with E-state index >= 15 is 0 Å². The maximum Gasteiger partial charge on any atom is 0.0773 e. The molecule has 0 heterocycles. The summed E-state index contributed by atoms with van der Waals surface area (Å²) in [7, 11) is 0. The third kappa shape index (κ3) is 4.06. The van der Waals surface area contributed by atoms with Gasteiger partial charge in [-0.2, -0.15) is 0 Å². The summed E-state index contributed by atoms with van der Waals surface area (Å²) in [6.07, 6.45) is 3.43. The van der Waals surface area contributed by atoms with Crippen molar-refractivity contribution >= 4 is 22.6 Å². The molecule has 0 aliphatic heterocycles. The molecule has 1 atom stereocenters. The summed E-state index contributed by atoms with van der Waals surface area (Å²) in [5, 5.41) is 0. The van der Waals surface area contributed by atoms with E-state index in [4.69, 9.17) is 4.74 Å². The van der Waals surface area contributed by atoms with E-state index in [9.17, 15) is 0 Å². The van der Waals surface area contributed by atoms with Crippen LogP contribution in [0.3, 0.4) is 0 Å². The highest BCUT2D eigenvalue weighted by Crippen LogP contribution is 2.26. The largest absolute Gasteiger partial charge is 0.370 e. The van der Waals surface area contributed by atoms with Crippen LogP contribution in [0.2, 0.25) is 0 Å². The zero-order valence-electron chi connectivity index (χ0n) is 10.2. The topological polar surface area (TPSA) is 9.23 Å². The van der Waals surface area contributed by atoms with Gasteiger partial charge in [-0.05, 0) is 18.4 Å². The Bertz CT molecular complexity index is 280. The minimum atomic E-state index is 0.0746. The zero-order valence-corrected chi connectivity index (χ0v) is 12.4. The molecule has 16 heavy (non-hydrogen) atoms. The molecule has 1 aromatic carbocycles. The van der Waals surface area contributed by atoms with Crippen LogP contribution in [0.4, 0.5) is 0 Å². The van der Waals surface area contributed by atoms with Crippen LogP contribution in [0.15, 0.2) is 30.3 Å². The molecule has 0 aliphatic rings. The van der Waals surface area contributed by atoms with Crippen LogP contribution in [-0.4, -0.2) is 10.0 Å². The van der Waals surface area contributed by atoms with Crippen molar-refractivity contribution in [3.63, 3.8) is 0 Å². The van der Waals surface area contributed by atoms with Crippen molar-refractivity contribution < 1.29 is 4.74 Å². The van der Waals surface area contributed by atoms with Crippen molar-refractivity contribution in [3.05, 3.63) is 35.9 Å². The Morgan fingerprint density at radius 1 is 1.19 bits per heavy atom. The van der Waals surface area contributed by atoms with Crippen LogP contribution in [0.25, 0.3) is 0 Å². The highest BCUT2D eigenvalue weighted by atomic mass is 127. The van der Waals surface area contributed by atoms with Crippen LogP contribution in [-0.2, 0) is 11.3 Å². The van der Waals surface area contributed by atoms with Crippen molar-refractivity contribution in [3.8, 4) is 0 Å². The Balaban J connectivity index is 2.56. The highest BCUT2D eigenvalue weighted by Gasteiger charge is 2.26. The normalized spacial score (nSPS) is 14.7. The van der Waals surface area contributed by atoms with Gasteiger partial charge in [-0.1, -0.05) is 73.2 Å². The van der Waals surface area contributed by atoms with Gasteiger partial charge in [0.1, 0.15) is 0 Å². The average molecular weight is 332 g/mol. The van der Waals surface area contributed by atoms with E-state index in [0.717, 1.165) is 23.9 Å². The van der Waals surface area contributed by atoms with Crippen molar-refractivity contribution in [1.29, 1.82) is 0 Å². The predicted molar refractivity (Wildman–Crippen MR) is 78.0 cm³/mol. The van der Waals surface area contributed by atoms with Gasteiger partial charge < -0.3 is 4.74 Å². The molecule has 0 radical (unpaired) electrons. The molecule has 0 amide bonds. The first-order chi connectivity index (χ1) is 7.76. The van der Waals surface area contributed by atoms with E-state index in [1.807, 2.05) is 6.07 Å². The molecule has 90 valence electrons. The summed E-state index contributed by atoms with van der Waals surface area (Å²) < 4.78 is 7.22. The quantitative estimate of drug-likeness (QED) is 0.524. The molecule has 2 heteroatoms. The number of halogens is 1. The number of ether oxygens (including phenoxy) is 1. The van der Waals surface area contributed by atoms with Crippen LogP contribution in [0.1, 0.15) is 38.7 Å². The van der Waals surface area contributed by atoms with Gasteiger partial charge in [0.2, 0.25) is 0 Å². The van der Waals surface area contributed by atoms with Crippen molar-refractivity contribution in [2.45, 2.75) is 45.3 Å². The fourth-order valence-corrected chi connectivity index (χ4v) is 2.96. The maximum absolute atomic E-state index is 6.15. The molecule has 0 N–H and O–H groups in total. The smallest absolute Gasteiger partial charge is 0.0773 e. The Kier molecular flexibility index (Phi) is 6.36. The summed E-state index contributed by atoms with van der Waals surface area (Å²) in [5.74, 6) is 0. The summed E-state index contributed by atoms with van der Waals surface area (Å²) in [5.41, 5.74) is 1.34. The molecule has 0 aliphatic carbocycles. The van der Waals surface area contributed by atoms with Crippen molar-refractivity contribution in [2.24, 2.45) is 0 Å². The molecular weight excluding hydrogens is 311 g/mol. The lowest BCUT2D eigenvalue weighted by Gasteiger charge is -2.31. The summed E-state index contributed by atoms with van der Waals surface area (Å²) in [4.78, 5) is 0. The number of benzene rings is 1. The van der Waals surface area contributed by atoms with Gasteiger partial charge in [0.25, 0.3) is 0 Å². The van der Waals surface area contributed by atoms with E-state index in [-0.39, 0.29) is 5.60 Å². The molecule has 0 aromatic heterocycles. The van der Waals surface area contributed by atoms with Gasteiger partial charge in [-0.3, -0.25) is 0 Å². The maximum atomic E-state index is 6.15. The average Bonchev–Trinajstić information content (AvgIpc) is 2.36. The molecule has 1 aromatic rings. The van der Waals surface area contributed by atoms with Crippen LogP contribution in [0.5, 0.6) is 0 Å². The minimum absolute atomic E-state index is 0.0746. The summed E-state index contributed by atoms with van der Waals surface area (Å²) >= 11 is 2.44. The molecule has 0 saturated heterocycles. The lowest BCUT2D eigenvalue weighted by atomic mass is 9.97. The minimum Gasteiger partial charge on any atom is -0.370 e. The fraction of sp³-hybridized carbons (Fsp3) is 0.571. The lowest BCUT2D eigenvalue weighted by Crippen LogP contribution is -2.33. The number of hydrogen-bond donors (Lipinski definition) is 0. The van der Waals surface area contributed by atoms with Crippen LogP contribution < -0.4 is 0 Å². The van der Waals surface area contributed by atoms with Gasteiger partial charge in [-0.15, -0.1) is 0 Å². The molecule has 0 fully saturated rings. The third-order valence-corrected chi connectivity index (χ3v) is 4.37. The third-order valence-electron chi connectivity index (χ3n) is 2.98. The molecule has 0 bridgehead atoms. The molecule has 0 spiro atoms. The second kappa shape index (κ2) is 7.28. The van der Waals surface area contributed by atoms with Gasteiger partial charge >= 0.3 is 0 Å². The van der Waals surface area contributed by atoms with E-state index in [2.05, 4.69) is 60.7 Å². The van der Waals surface area contributed by atoms with Gasteiger partial charge in [-0.25, -0.2) is 0 Å². The predicted octanol–water partition coefficient (Wildman–Crippen LogP) is 4.59. The summed E-state index contributed by atoms with van der Waals surface area (Å²) in [6, 6.07) is 10.4. The SMILES string of the molecule is CCCC(CC)(CI)OCc1ccccc1. The second-order valence-corrected chi connectivity index (χ2v) is 4.96. The van der Waals surface area contributed by atoms with E-state index < -0.39 is 0 Å². The summed E-state index contributed by atoms with van der Waals surface area (Å²) in [6.45, 7) is 5.18. The van der Waals surface area contributed by atoms with Gasteiger partial charge in [0.05, 0.1) is 12.2 Å². The Hall–Kier alpha value is -0.0900. The second-order valence-electron chi connectivity index (χ2n) is 4.19. The highest BCUT2D eigenvalue weighted by molar-refractivity contribution is 14.1. The number of alkyl halides is 1. The lowest BCUT2D eigenvalue weighted by molar-refractivity contribution is -0.0459. The van der Waals surface area contributed by atoms with Crippen molar-refractivity contribution in [1.82, 2.24) is 0 Å². The Morgan fingerprint density at radius 3 is 2.38 bits per heavy atom. The first-order valence-electron chi connectivity index (χ1n) is 6.00. The number of rotatable bonds is 7. The van der Waals surface area contributed by atoms with Gasteiger partial charge in [0, 0.05) is 4.43 Å². The first-order valence-corrected chi connectivity index (χ1v) is 7.52. The molecule has 1 nitrogen and oxygen atoms in total. The molecule has 1 unspecified atom stereocenters. The van der Waals surface area contributed by atoms with E-state index in [1.54, 1.807) is 0 Å². The van der Waals surface area contributed by atoms with Crippen LogP contribution in [0, 0.1) is 0 Å².